The van der Waals surface area contributed by atoms with Gasteiger partial charge in [-0.15, -0.1) is 0 Å². The predicted octanol–water partition coefficient (Wildman–Crippen LogP) is 1.96. The lowest BCUT2D eigenvalue weighted by atomic mass is 10.3. The van der Waals surface area contributed by atoms with Crippen LogP contribution in [0, 0.1) is 5.82 Å². The third-order valence-corrected chi connectivity index (χ3v) is 2.81. The first-order valence-electron chi connectivity index (χ1n) is 6.04. The smallest absolute Gasteiger partial charge is 0.338 e. The second-order valence-electron chi connectivity index (χ2n) is 3.96. The number of aliphatic hydroxyl groups is 1. The molecule has 0 amide bonds. The van der Waals surface area contributed by atoms with Gasteiger partial charge in [0.05, 0.1) is 6.61 Å². The molecule has 0 spiro atoms. The lowest BCUT2D eigenvalue weighted by Gasteiger charge is -1.98. The van der Waals surface area contributed by atoms with Crippen LogP contribution in [0.25, 0.3) is 0 Å². The number of nitrogens with zero attached hydrogens (tertiary/aromatic N) is 5. The van der Waals surface area contributed by atoms with Crippen LogP contribution in [0.4, 0.5) is 9.18 Å². The van der Waals surface area contributed by atoms with Gasteiger partial charge in [0.1, 0.15) is 12.7 Å². The Morgan fingerprint density at radius 1 is 1.18 bits per heavy atom. The minimum Gasteiger partial charge on any atom is -0.392 e. The van der Waals surface area contributed by atoms with Crippen molar-refractivity contribution in [3.05, 3.63) is 66.2 Å². The summed E-state index contributed by atoms with van der Waals surface area (Å²) in [6.45, 7) is -0.353. The van der Waals surface area contributed by atoms with Crippen LogP contribution in [0.2, 0.25) is 5.15 Å². The van der Waals surface area contributed by atoms with Crippen LogP contribution in [0.1, 0.15) is 5.56 Å². The van der Waals surface area contributed by atoms with Gasteiger partial charge in [0, 0.05) is 36.5 Å². The number of carbonyl (C=O) groups is 1. The Labute approximate surface area is 129 Å². The van der Waals surface area contributed by atoms with E-state index in [2.05, 4.69) is 15.0 Å². The molecule has 0 aliphatic heterocycles. The van der Waals surface area contributed by atoms with E-state index in [1.807, 2.05) is 0 Å². The molecule has 3 aromatic heterocycles. The van der Waals surface area contributed by atoms with E-state index in [1.165, 1.54) is 34.1 Å². The van der Waals surface area contributed by atoms with Gasteiger partial charge in [-0.2, -0.15) is 0 Å². The molecule has 0 aliphatic rings. The Morgan fingerprint density at radius 2 is 1.77 bits per heavy atom. The molecule has 0 atom stereocenters. The number of halogens is 2. The highest BCUT2D eigenvalue weighted by Gasteiger charge is 2.05. The fourth-order valence-corrected chi connectivity index (χ4v) is 1.63. The maximum absolute atomic E-state index is 12.6. The molecule has 7 nitrogen and oxygen atoms in total. The van der Waals surface area contributed by atoms with E-state index < -0.39 is 5.82 Å². The second-order valence-corrected chi connectivity index (χ2v) is 4.31. The molecule has 114 valence electrons. The van der Waals surface area contributed by atoms with Gasteiger partial charge in [0.15, 0.2) is 11.0 Å². The average Bonchev–Trinajstić information content (AvgIpc) is 3.23. The Balaban J connectivity index is 0.000000164. The molecule has 0 bridgehead atoms. The van der Waals surface area contributed by atoms with E-state index in [1.54, 1.807) is 24.8 Å². The van der Waals surface area contributed by atoms with Crippen LogP contribution in [-0.4, -0.2) is 35.2 Å². The summed E-state index contributed by atoms with van der Waals surface area (Å²) in [4.78, 5) is 22.4. The molecule has 1 N–H and O–H groups in total. The zero-order valence-electron chi connectivity index (χ0n) is 11.2. The molecule has 0 saturated carbocycles. The van der Waals surface area contributed by atoms with Crippen molar-refractivity contribution < 1.29 is 14.3 Å². The lowest BCUT2D eigenvalue weighted by Crippen LogP contribution is -2.15. The Morgan fingerprint density at radius 3 is 2.18 bits per heavy atom. The number of pyridine rings is 1. The number of aliphatic hydroxyl groups excluding tert-OH is 1. The number of rotatable bonds is 1. The summed E-state index contributed by atoms with van der Waals surface area (Å²) in [5.74, 6) is -0.647. The molecule has 3 heterocycles. The zero-order chi connectivity index (χ0) is 15.9. The van der Waals surface area contributed by atoms with Crippen LogP contribution in [-0.2, 0) is 6.61 Å². The van der Waals surface area contributed by atoms with Gasteiger partial charge >= 0.3 is 6.03 Å². The van der Waals surface area contributed by atoms with Crippen molar-refractivity contribution in [2.24, 2.45) is 0 Å². The summed E-state index contributed by atoms with van der Waals surface area (Å²) in [6.07, 6.45) is 10.5. The van der Waals surface area contributed by atoms with E-state index in [0.29, 0.717) is 0 Å². The van der Waals surface area contributed by atoms with E-state index in [0.717, 1.165) is 0 Å². The van der Waals surface area contributed by atoms with Crippen molar-refractivity contribution in [1.82, 2.24) is 24.1 Å². The first-order valence-corrected chi connectivity index (χ1v) is 6.41. The summed E-state index contributed by atoms with van der Waals surface area (Å²) in [5.41, 5.74) is 0.167. The van der Waals surface area contributed by atoms with Crippen molar-refractivity contribution in [2.75, 3.05) is 0 Å². The van der Waals surface area contributed by atoms with Crippen molar-refractivity contribution in [3.8, 4) is 0 Å². The molecule has 22 heavy (non-hydrogen) atoms. The fourth-order valence-electron chi connectivity index (χ4n) is 1.45. The van der Waals surface area contributed by atoms with E-state index in [4.69, 9.17) is 16.7 Å². The Hall–Kier alpha value is -2.58. The molecule has 0 saturated heterocycles. The molecule has 0 aromatic carbocycles. The largest absolute Gasteiger partial charge is 0.392 e. The molecule has 9 heteroatoms. The summed E-state index contributed by atoms with van der Waals surface area (Å²) in [7, 11) is 0. The van der Waals surface area contributed by atoms with Crippen LogP contribution in [0.3, 0.4) is 0 Å². The molecular weight excluding hydrogens is 313 g/mol. The van der Waals surface area contributed by atoms with Gasteiger partial charge in [0.2, 0.25) is 0 Å². The summed E-state index contributed by atoms with van der Waals surface area (Å²) >= 11 is 5.30. The van der Waals surface area contributed by atoms with E-state index in [9.17, 15) is 9.18 Å². The van der Waals surface area contributed by atoms with Gasteiger partial charge in [-0.05, 0) is 6.07 Å². The average molecular weight is 324 g/mol. The van der Waals surface area contributed by atoms with Crippen molar-refractivity contribution >= 4 is 17.6 Å². The molecule has 3 rings (SSSR count). The predicted molar refractivity (Wildman–Crippen MR) is 75.8 cm³/mol. The van der Waals surface area contributed by atoms with Gasteiger partial charge in [0.25, 0.3) is 0 Å². The number of imidazole rings is 2. The minimum atomic E-state index is -0.647. The van der Waals surface area contributed by atoms with Gasteiger partial charge < -0.3 is 5.11 Å². The SMILES string of the molecule is O=C(n1ccnc1)n1ccnc1.OCc1ccnc(Cl)c1F. The molecule has 0 fully saturated rings. The Bertz CT molecular complexity index is 695. The highest BCUT2D eigenvalue weighted by atomic mass is 35.5. The molecule has 0 unspecified atom stereocenters. The van der Waals surface area contributed by atoms with Gasteiger partial charge in [-0.1, -0.05) is 11.6 Å². The number of aromatic nitrogens is 5. The quantitative estimate of drug-likeness (QED) is 0.692. The highest BCUT2D eigenvalue weighted by molar-refractivity contribution is 6.29. The molecular formula is C13H11ClFN5O2. The summed E-state index contributed by atoms with van der Waals surface area (Å²) < 4.78 is 15.4. The second kappa shape index (κ2) is 7.43. The van der Waals surface area contributed by atoms with Gasteiger partial charge in [-0.25, -0.2) is 24.1 Å². The van der Waals surface area contributed by atoms with Crippen LogP contribution >= 0.6 is 11.6 Å². The summed E-state index contributed by atoms with van der Waals surface area (Å²) in [6, 6.07) is 1.19. The first-order chi connectivity index (χ1) is 10.6. The molecule has 3 aromatic rings. The minimum absolute atomic E-state index is 0.167. The van der Waals surface area contributed by atoms with Crippen LogP contribution < -0.4 is 0 Å². The van der Waals surface area contributed by atoms with E-state index in [-0.39, 0.29) is 23.4 Å². The van der Waals surface area contributed by atoms with Crippen molar-refractivity contribution in [3.63, 3.8) is 0 Å². The maximum atomic E-state index is 12.6. The number of carbonyl (C=O) groups excluding carboxylic acids is 1. The topological polar surface area (TPSA) is 85.8 Å². The zero-order valence-corrected chi connectivity index (χ0v) is 11.9. The third-order valence-electron chi connectivity index (χ3n) is 2.55. The van der Waals surface area contributed by atoms with Crippen molar-refractivity contribution in [2.45, 2.75) is 6.61 Å². The highest BCUT2D eigenvalue weighted by Crippen LogP contribution is 2.14. The van der Waals surface area contributed by atoms with Crippen molar-refractivity contribution in [1.29, 1.82) is 0 Å². The van der Waals surface area contributed by atoms with E-state index >= 15 is 0 Å². The first kappa shape index (κ1) is 15.8. The van der Waals surface area contributed by atoms with Gasteiger partial charge in [-0.3, -0.25) is 9.13 Å². The third kappa shape index (κ3) is 3.74. The lowest BCUT2D eigenvalue weighted by molar-refractivity contribution is 0.244. The maximum Gasteiger partial charge on any atom is 0.338 e. The normalized spacial score (nSPS) is 9.95. The van der Waals surface area contributed by atoms with Crippen LogP contribution in [0.15, 0.2) is 49.7 Å². The summed E-state index contributed by atoms with van der Waals surface area (Å²) in [5, 5.41) is 8.31. The standard InChI is InChI=1S/C7H6N4O.C6H5ClFNO/c12-7(10-3-1-8-5-10)11-4-2-9-6-11;7-6-5(8)4(3-10)1-2-9-6/h1-6H;1-2,10H,3H2. The molecule has 0 radical (unpaired) electrons. The number of hydrogen-bond donors (Lipinski definition) is 1. The molecule has 0 aliphatic carbocycles. The monoisotopic (exact) mass is 323 g/mol. The fraction of sp³-hybridized carbons (Fsp3) is 0.0769. The van der Waals surface area contributed by atoms with Crippen LogP contribution in [0.5, 0.6) is 0 Å². The Kier molecular flexibility index (Phi) is 5.34. The number of hydrogen-bond acceptors (Lipinski definition) is 5.